The van der Waals surface area contributed by atoms with Crippen LogP contribution in [0.15, 0.2) is 60.0 Å². The molecule has 0 aromatic heterocycles. The normalized spacial score (nSPS) is 22.9. The van der Waals surface area contributed by atoms with Gasteiger partial charge in [-0.05, 0) is 41.8 Å². The molecule has 2 aliphatic heterocycles. The molecule has 7 nitrogen and oxygen atoms in total. The molecule has 1 fully saturated rings. The average molecular weight is 396 g/mol. The number of carbonyl (C=O) groups excluding carboxylic acids is 1. The van der Waals surface area contributed by atoms with E-state index in [9.17, 15) is 15.0 Å². The standard InChI is InChI=1S/C22H24N2O5/c1-22(2)28-19-17(11-13-3-7-15(25)8-4-13)23-21(27)24-18(20(19)29-22)12-14-5-9-16(26)10-6-14/h3-10,17,19,25-26H,11-12H2,1-2H3,(H2,23,24,27). The highest BCUT2D eigenvalue weighted by molar-refractivity contribution is 5.77. The summed E-state index contributed by atoms with van der Waals surface area (Å²) >= 11 is 0. The van der Waals surface area contributed by atoms with E-state index in [2.05, 4.69) is 10.6 Å². The van der Waals surface area contributed by atoms with Crippen molar-refractivity contribution in [2.45, 2.75) is 44.6 Å². The Balaban J connectivity index is 1.66. The molecule has 2 aromatic rings. The van der Waals surface area contributed by atoms with Crippen LogP contribution in [-0.2, 0) is 22.3 Å². The lowest BCUT2D eigenvalue weighted by atomic mass is 9.98. The predicted molar refractivity (Wildman–Crippen MR) is 106 cm³/mol. The molecule has 1 saturated heterocycles. The van der Waals surface area contributed by atoms with Crippen LogP contribution in [0.25, 0.3) is 0 Å². The Morgan fingerprint density at radius 1 is 0.966 bits per heavy atom. The Bertz CT molecular complexity index is 935. The molecular weight excluding hydrogens is 372 g/mol. The fourth-order valence-corrected chi connectivity index (χ4v) is 3.68. The minimum absolute atomic E-state index is 0.186. The molecule has 0 bridgehead atoms. The van der Waals surface area contributed by atoms with Gasteiger partial charge in [0.25, 0.3) is 0 Å². The Hall–Kier alpha value is -3.19. The smallest absolute Gasteiger partial charge is 0.319 e. The summed E-state index contributed by atoms with van der Waals surface area (Å²) in [4.78, 5) is 12.5. The number of phenols is 2. The van der Waals surface area contributed by atoms with Gasteiger partial charge >= 0.3 is 6.03 Å². The van der Waals surface area contributed by atoms with E-state index in [1.165, 1.54) is 0 Å². The zero-order valence-electron chi connectivity index (χ0n) is 16.3. The molecule has 2 aliphatic rings. The highest BCUT2D eigenvalue weighted by Gasteiger charge is 2.46. The van der Waals surface area contributed by atoms with Crippen LogP contribution in [0.2, 0.25) is 0 Å². The Kier molecular flexibility index (Phi) is 4.84. The number of aromatic hydroxyl groups is 2. The van der Waals surface area contributed by atoms with Crippen LogP contribution in [0.3, 0.4) is 0 Å². The molecule has 0 spiro atoms. The van der Waals surface area contributed by atoms with Crippen LogP contribution >= 0.6 is 0 Å². The van der Waals surface area contributed by atoms with E-state index in [1.807, 2.05) is 26.0 Å². The van der Waals surface area contributed by atoms with Crippen LogP contribution in [0.5, 0.6) is 11.5 Å². The predicted octanol–water partition coefficient (Wildman–Crippen LogP) is 2.93. The van der Waals surface area contributed by atoms with Gasteiger partial charge in [0.1, 0.15) is 17.6 Å². The highest BCUT2D eigenvalue weighted by atomic mass is 16.7. The maximum absolute atomic E-state index is 12.5. The molecule has 2 atom stereocenters. The number of fused-ring (bicyclic) bond motifs is 1. The summed E-state index contributed by atoms with van der Waals surface area (Å²) in [6, 6.07) is 13.0. The highest BCUT2D eigenvalue weighted by Crippen LogP contribution is 2.36. The van der Waals surface area contributed by atoms with Gasteiger partial charge in [0, 0.05) is 20.3 Å². The Morgan fingerprint density at radius 3 is 2.17 bits per heavy atom. The molecule has 0 radical (unpaired) electrons. The number of allylic oxidation sites excluding steroid dienone is 1. The topological polar surface area (TPSA) is 100 Å². The van der Waals surface area contributed by atoms with E-state index in [0.717, 1.165) is 11.1 Å². The summed E-state index contributed by atoms with van der Waals surface area (Å²) in [5.41, 5.74) is 2.52. The lowest BCUT2D eigenvalue weighted by Gasteiger charge is -2.23. The second-order valence-corrected chi connectivity index (χ2v) is 7.80. The summed E-state index contributed by atoms with van der Waals surface area (Å²) < 4.78 is 12.2. The summed E-state index contributed by atoms with van der Waals surface area (Å²) in [5, 5.41) is 24.9. The van der Waals surface area contributed by atoms with Crippen molar-refractivity contribution in [2.75, 3.05) is 0 Å². The Morgan fingerprint density at radius 2 is 1.55 bits per heavy atom. The van der Waals surface area contributed by atoms with E-state index >= 15 is 0 Å². The van der Waals surface area contributed by atoms with Gasteiger partial charge in [-0.15, -0.1) is 0 Å². The van der Waals surface area contributed by atoms with Crippen molar-refractivity contribution in [1.29, 1.82) is 0 Å². The van der Waals surface area contributed by atoms with Crippen molar-refractivity contribution in [3.05, 3.63) is 71.1 Å². The molecule has 2 aromatic carbocycles. The van der Waals surface area contributed by atoms with Gasteiger partial charge in [-0.3, -0.25) is 0 Å². The van der Waals surface area contributed by atoms with E-state index in [0.29, 0.717) is 24.3 Å². The number of hydrogen-bond donors (Lipinski definition) is 4. The summed E-state index contributed by atoms with van der Waals surface area (Å²) in [7, 11) is 0. The minimum atomic E-state index is -0.822. The third kappa shape index (κ3) is 4.30. The quantitative estimate of drug-likeness (QED) is 0.637. The maximum Gasteiger partial charge on any atom is 0.319 e. The largest absolute Gasteiger partial charge is 0.508 e. The molecule has 0 saturated carbocycles. The van der Waals surface area contributed by atoms with Crippen LogP contribution in [0, 0.1) is 0 Å². The van der Waals surface area contributed by atoms with Crippen LogP contribution in [-0.4, -0.2) is 34.2 Å². The SMILES string of the molecule is CC1(C)OC2=C(Cc3ccc(O)cc3)NC(=O)NC(Cc3ccc(O)cc3)C2O1. The zero-order chi connectivity index (χ0) is 20.6. The molecule has 152 valence electrons. The summed E-state index contributed by atoms with van der Waals surface area (Å²) in [6.45, 7) is 3.68. The number of amides is 2. The number of phenolic OH excluding ortho intramolecular Hbond substituents is 2. The summed E-state index contributed by atoms with van der Waals surface area (Å²) in [6.07, 6.45) is 0.503. The molecule has 2 amide bonds. The average Bonchev–Trinajstić information content (AvgIpc) is 2.94. The number of nitrogens with one attached hydrogen (secondary N) is 2. The first-order valence-corrected chi connectivity index (χ1v) is 9.52. The fourth-order valence-electron chi connectivity index (χ4n) is 3.68. The number of carbonyl (C=O) groups is 1. The third-order valence-corrected chi connectivity index (χ3v) is 4.98. The number of urea groups is 1. The van der Waals surface area contributed by atoms with Gasteiger partial charge in [0.2, 0.25) is 5.79 Å². The monoisotopic (exact) mass is 396 g/mol. The molecule has 4 N–H and O–H groups in total. The van der Waals surface area contributed by atoms with Gasteiger partial charge in [0.05, 0.1) is 11.7 Å². The van der Waals surface area contributed by atoms with Crippen molar-refractivity contribution in [2.24, 2.45) is 0 Å². The first-order valence-electron chi connectivity index (χ1n) is 9.52. The van der Waals surface area contributed by atoms with E-state index in [-0.39, 0.29) is 23.6 Å². The van der Waals surface area contributed by atoms with Crippen molar-refractivity contribution < 1.29 is 24.5 Å². The molecule has 4 rings (SSSR count). The van der Waals surface area contributed by atoms with Crippen molar-refractivity contribution in [3.8, 4) is 11.5 Å². The van der Waals surface area contributed by atoms with Gasteiger partial charge in [-0.1, -0.05) is 24.3 Å². The van der Waals surface area contributed by atoms with Crippen LogP contribution < -0.4 is 10.6 Å². The molecule has 7 heteroatoms. The van der Waals surface area contributed by atoms with Gasteiger partial charge in [-0.2, -0.15) is 0 Å². The van der Waals surface area contributed by atoms with Gasteiger partial charge in [0.15, 0.2) is 5.76 Å². The van der Waals surface area contributed by atoms with Crippen molar-refractivity contribution >= 4 is 6.03 Å². The van der Waals surface area contributed by atoms with Gasteiger partial charge < -0.3 is 30.3 Å². The van der Waals surface area contributed by atoms with Gasteiger partial charge in [-0.25, -0.2) is 4.79 Å². The first-order chi connectivity index (χ1) is 13.8. The number of ether oxygens (including phenoxy) is 2. The van der Waals surface area contributed by atoms with Crippen molar-refractivity contribution in [3.63, 3.8) is 0 Å². The van der Waals surface area contributed by atoms with E-state index < -0.39 is 11.9 Å². The van der Waals surface area contributed by atoms with E-state index in [4.69, 9.17) is 9.47 Å². The lowest BCUT2D eigenvalue weighted by Crippen LogP contribution is -2.46. The Labute approximate surface area is 169 Å². The number of hydrogen-bond acceptors (Lipinski definition) is 5. The molecule has 2 unspecified atom stereocenters. The van der Waals surface area contributed by atoms with E-state index in [1.54, 1.807) is 36.4 Å². The van der Waals surface area contributed by atoms with Crippen LogP contribution in [0.1, 0.15) is 25.0 Å². The summed E-state index contributed by atoms with van der Waals surface area (Å²) in [5.74, 6) is 0.159. The molecule has 29 heavy (non-hydrogen) atoms. The second kappa shape index (κ2) is 7.33. The number of rotatable bonds is 4. The van der Waals surface area contributed by atoms with Crippen LogP contribution in [0.4, 0.5) is 4.79 Å². The maximum atomic E-state index is 12.5. The second-order valence-electron chi connectivity index (χ2n) is 7.80. The minimum Gasteiger partial charge on any atom is -0.508 e. The number of benzene rings is 2. The zero-order valence-corrected chi connectivity index (χ0v) is 16.3. The van der Waals surface area contributed by atoms with Crippen molar-refractivity contribution in [1.82, 2.24) is 10.6 Å². The lowest BCUT2D eigenvalue weighted by molar-refractivity contribution is -0.137. The molecule has 2 heterocycles. The fraction of sp³-hybridized carbons (Fsp3) is 0.318. The third-order valence-electron chi connectivity index (χ3n) is 4.98. The first kappa shape index (κ1) is 19.1. The molecule has 0 aliphatic carbocycles. The molecular formula is C22H24N2O5.